The summed E-state index contributed by atoms with van der Waals surface area (Å²) in [5, 5.41) is 4.08. The van der Waals surface area contributed by atoms with Gasteiger partial charge in [-0.3, -0.25) is 19.1 Å². The first-order valence-electron chi connectivity index (χ1n) is 9.24. The molecule has 4 aromatic rings. The number of hydrogen-bond acceptors (Lipinski definition) is 6. The lowest BCUT2D eigenvalue weighted by molar-refractivity contribution is -0.137. The molecule has 0 aliphatic rings. The number of aromatic amines is 1. The highest BCUT2D eigenvalue weighted by Crippen LogP contribution is 2.33. The Balaban J connectivity index is 1.56. The number of halogens is 4. The first-order valence-corrected chi connectivity index (χ1v) is 10.1. The van der Waals surface area contributed by atoms with Crippen molar-refractivity contribution in [2.75, 3.05) is 5.32 Å². The van der Waals surface area contributed by atoms with Crippen LogP contribution in [0.1, 0.15) is 11.1 Å². The zero-order chi connectivity index (χ0) is 23.9. The van der Waals surface area contributed by atoms with E-state index in [0.29, 0.717) is 11.6 Å². The number of carbonyl (C=O) groups excluding carboxylic acids is 1. The van der Waals surface area contributed by atoms with Gasteiger partial charge in [-0.25, -0.2) is 19.2 Å². The average Bonchev–Trinajstić information content (AvgIpc) is 3.19. The molecule has 1 aromatic carbocycles. The Morgan fingerprint density at radius 3 is 2.70 bits per heavy atom. The van der Waals surface area contributed by atoms with Crippen molar-refractivity contribution in [1.29, 1.82) is 0 Å². The number of rotatable bonds is 4. The van der Waals surface area contributed by atoms with E-state index < -0.39 is 34.7 Å². The molecule has 13 heteroatoms. The van der Waals surface area contributed by atoms with Crippen LogP contribution in [0.5, 0.6) is 0 Å². The SMILES string of the molecule is Cn1c(=O)[nH]c2nccc(CC(=O)Nc3nc(-c4ccc(C(F)(F)F)cc4F)cs3)c2c1=O. The molecule has 0 bridgehead atoms. The minimum atomic E-state index is -4.67. The van der Waals surface area contributed by atoms with E-state index in [4.69, 9.17) is 0 Å². The molecule has 0 saturated heterocycles. The molecule has 0 radical (unpaired) electrons. The smallest absolute Gasteiger partial charge is 0.302 e. The highest BCUT2D eigenvalue weighted by molar-refractivity contribution is 7.14. The number of anilines is 1. The summed E-state index contributed by atoms with van der Waals surface area (Å²) in [5.41, 5.74) is -2.10. The molecule has 0 spiro atoms. The monoisotopic (exact) mass is 479 g/mol. The number of nitrogens with one attached hydrogen (secondary N) is 2. The third-order valence-electron chi connectivity index (χ3n) is 4.76. The zero-order valence-corrected chi connectivity index (χ0v) is 17.5. The number of benzene rings is 1. The van der Waals surface area contributed by atoms with Crippen LogP contribution in [0, 0.1) is 5.82 Å². The van der Waals surface area contributed by atoms with Gasteiger partial charge in [0, 0.05) is 24.2 Å². The second kappa shape index (κ2) is 8.24. The lowest BCUT2D eigenvalue weighted by atomic mass is 10.1. The number of nitrogens with zero attached hydrogens (tertiary/aromatic N) is 3. The molecular weight excluding hydrogens is 466 g/mol. The fraction of sp³-hybridized carbons (Fsp3) is 0.150. The predicted octanol–water partition coefficient (Wildman–Crippen LogP) is 3.08. The Morgan fingerprint density at radius 2 is 2.00 bits per heavy atom. The van der Waals surface area contributed by atoms with E-state index in [1.54, 1.807) is 0 Å². The summed E-state index contributed by atoms with van der Waals surface area (Å²) >= 11 is 0.955. The summed E-state index contributed by atoms with van der Waals surface area (Å²) < 4.78 is 53.2. The van der Waals surface area contributed by atoms with Crippen LogP contribution in [-0.2, 0) is 24.4 Å². The van der Waals surface area contributed by atoms with Crippen LogP contribution in [0.25, 0.3) is 22.3 Å². The van der Waals surface area contributed by atoms with Gasteiger partial charge in [-0.05, 0) is 29.8 Å². The molecule has 2 N–H and O–H groups in total. The molecule has 1 amide bonds. The van der Waals surface area contributed by atoms with Crippen LogP contribution in [0.2, 0.25) is 0 Å². The van der Waals surface area contributed by atoms with E-state index in [2.05, 4.69) is 20.3 Å². The van der Waals surface area contributed by atoms with Crippen molar-refractivity contribution < 1.29 is 22.4 Å². The highest BCUT2D eigenvalue weighted by atomic mass is 32.1. The molecule has 0 atom stereocenters. The number of pyridine rings is 1. The molecule has 33 heavy (non-hydrogen) atoms. The summed E-state index contributed by atoms with van der Waals surface area (Å²) in [6, 6.07) is 3.56. The van der Waals surface area contributed by atoms with E-state index in [1.807, 2.05) is 0 Å². The van der Waals surface area contributed by atoms with Crippen molar-refractivity contribution in [3.05, 3.63) is 73.6 Å². The van der Waals surface area contributed by atoms with Gasteiger partial charge in [0.2, 0.25) is 5.91 Å². The van der Waals surface area contributed by atoms with Crippen LogP contribution in [0.3, 0.4) is 0 Å². The van der Waals surface area contributed by atoms with E-state index in [1.165, 1.54) is 24.7 Å². The lowest BCUT2D eigenvalue weighted by Crippen LogP contribution is -2.33. The Morgan fingerprint density at radius 1 is 1.24 bits per heavy atom. The van der Waals surface area contributed by atoms with Gasteiger partial charge in [0.25, 0.3) is 5.56 Å². The number of H-pyrrole nitrogens is 1. The topological polar surface area (TPSA) is 110 Å². The number of carbonyl (C=O) groups is 1. The van der Waals surface area contributed by atoms with E-state index >= 15 is 0 Å². The molecule has 0 saturated carbocycles. The fourth-order valence-corrected chi connectivity index (χ4v) is 3.84. The van der Waals surface area contributed by atoms with Crippen LogP contribution in [-0.4, -0.2) is 25.4 Å². The normalized spacial score (nSPS) is 11.7. The first kappa shape index (κ1) is 22.3. The second-order valence-electron chi connectivity index (χ2n) is 6.94. The molecule has 8 nitrogen and oxygen atoms in total. The van der Waals surface area contributed by atoms with Crippen molar-refractivity contribution in [3.63, 3.8) is 0 Å². The minimum Gasteiger partial charge on any atom is -0.302 e. The maximum absolute atomic E-state index is 14.2. The van der Waals surface area contributed by atoms with Gasteiger partial charge < -0.3 is 5.32 Å². The highest BCUT2D eigenvalue weighted by Gasteiger charge is 2.31. The van der Waals surface area contributed by atoms with Crippen molar-refractivity contribution >= 4 is 33.4 Å². The number of amides is 1. The fourth-order valence-electron chi connectivity index (χ4n) is 3.12. The van der Waals surface area contributed by atoms with Gasteiger partial charge in [-0.15, -0.1) is 11.3 Å². The summed E-state index contributed by atoms with van der Waals surface area (Å²) in [6.45, 7) is 0. The predicted molar refractivity (Wildman–Crippen MR) is 112 cm³/mol. The van der Waals surface area contributed by atoms with E-state index in [9.17, 15) is 31.9 Å². The van der Waals surface area contributed by atoms with Gasteiger partial charge in [-0.1, -0.05) is 0 Å². The van der Waals surface area contributed by atoms with Gasteiger partial charge in [0.15, 0.2) is 5.13 Å². The lowest BCUT2D eigenvalue weighted by Gasteiger charge is -2.08. The second-order valence-corrected chi connectivity index (χ2v) is 7.80. The summed E-state index contributed by atoms with van der Waals surface area (Å²) in [7, 11) is 1.29. The van der Waals surface area contributed by atoms with Crippen molar-refractivity contribution in [1.82, 2.24) is 19.5 Å². The quantitative estimate of drug-likeness (QED) is 0.437. The van der Waals surface area contributed by atoms with Crippen LogP contribution >= 0.6 is 11.3 Å². The number of hydrogen-bond donors (Lipinski definition) is 2. The molecule has 0 unspecified atom stereocenters. The largest absolute Gasteiger partial charge is 0.416 e. The Labute approximate surface area is 185 Å². The Kier molecular flexibility index (Phi) is 5.57. The Bertz CT molecular complexity index is 1510. The van der Waals surface area contributed by atoms with Crippen molar-refractivity contribution in [3.8, 4) is 11.3 Å². The van der Waals surface area contributed by atoms with Crippen LogP contribution in [0.4, 0.5) is 22.7 Å². The minimum absolute atomic E-state index is 0.0442. The molecule has 0 aliphatic carbocycles. The molecule has 3 heterocycles. The first-order chi connectivity index (χ1) is 15.5. The van der Waals surface area contributed by atoms with Crippen molar-refractivity contribution in [2.24, 2.45) is 7.05 Å². The molecular formula is C20H13F4N5O3S. The standard InChI is InChI=1S/C20H13F4N5O3S/c1-29-17(31)15-9(4-5-25-16(15)28-19(29)32)6-14(30)27-18-26-13(8-33-18)11-3-2-10(7-12(11)21)20(22,23)24/h2-5,7-8H,6H2,1H3,(H,25,28,32)(H,26,27,30). The third kappa shape index (κ3) is 4.39. The number of fused-ring (bicyclic) bond motifs is 1. The van der Waals surface area contributed by atoms with E-state index in [-0.39, 0.29) is 33.8 Å². The molecule has 3 aromatic heterocycles. The van der Waals surface area contributed by atoms with Gasteiger partial charge in [0.1, 0.15) is 11.5 Å². The maximum Gasteiger partial charge on any atom is 0.416 e. The number of thiazole rings is 1. The van der Waals surface area contributed by atoms with E-state index in [0.717, 1.165) is 28.0 Å². The number of aromatic nitrogens is 4. The Hall–Kier alpha value is -3.87. The zero-order valence-electron chi connectivity index (χ0n) is 16.7. The van der Waals surface area contributed by atoms with Gasteiger partial charge >= 0.3 is 11.9 Å². The van der Waals surface area contributed by atoms with Gasteiger partial charge in [-0.2, -0.15) is 13.2 Å². The average molecular weight is 479 g/mol. The molecule has 0 aliphatic heterocycles. The molecule has 4 rings (SSSR count). The third-order valence-corrected chi connectivity index (χ3v) is 5.52. The maximum atomic E-state index is 14.2. The summed E-state index contributed by atoms with van der Waals surface area (Å²) in [5.74, 6) is -1.65. The van der Waals surface area contributed by atoms with Crippen molar-refractivity contribution in [2.45, 2.75) is 12.6 Å². The molecule has 170 valence electrons. The summed E-state index contributed by atoms with van der Waals surface area (Å²) in [6.07, 6.45) is -3.58. The van der Waals surface area contributed by atoms with Crippen LogP contribution < -0.4 is 16.6 Å². The molecule has 0 fully saturated rings. The van der Waals surface area contributed by atoms with Crippen LogP contribution in [0.15, 0.2) is 45.4 Å². The number of alkyl halides is 3. The van der Waals surface area contributed by atoms with Gasteiger partial charge in [0.05, 0.1) is 23.1 Å². The summed E-state index contributed by atoms with van der Waals surface area (Å²) in [4.78, 5) is 47.1.